The lowest BCUT2D eigenvalue weighted by Gasteiger charge is -2.57. The van der Waals surface area contributed by atoms with Gasteiger partial charge in [0.05, 0.1) is 75.2 Å². The molecule has 0 heterocycles. The number of hydrogen-bond acceptors (Lipinski definition) is 13. The largest absolute Gasteiger partial charge is 0.497 e. The quantitative estimate of drug-likeness (QED) is 0.0397. The number of methoxy groups -OCH3 is 6. The lowest BCUT2D eigenvalue weighted by molar-refractivity contribution is -0.113. The Bertz CT molecular complexity index is 3630. The average Bonchev–Trinajstić information content (AvgIpc) is 1.62. The number of halogens is 1. The topological polar surface area (TPSA) is 153 Å². The highest BCUT2D eigenvalue weighted by Crippen LogP contribution is 2.68. The first-order valence-electron chi connectivity index (χ1n) is 45.5. The van der Waals surface area contributed by atoms with Crippen LogP contribution in [0.25, 0.3) is 0 Å². The average molecular weight is 1720 g/mol. The summed E-state index contributed by atoms with van der Waals surface area (Å²) in [4.78, 5) is 0. The molecule has 21 atom stereocenters. The Morgan fingerprint density at radius 1 is 0.393 bits per heavy atom. The molecule has 0 spiro atoms. The second-order valence-corrected chi connectivity index (χ2v) is 53.2. The molecule has 0 unspecified atom stereocenters. The minimum Gasteiger partial charge on any atom is -0.497 e. The summed E-state index contributed by atoms with van der Waals surface area (Å²) in [6, 6.07) is 17.8. The molecule has 3 aromatic carbocycles. The first kappa shape index (κ1) is 97.1. The van der Waals surface area contributed by atoms with Gasteiger partial charge in [-0.3, -0.25) is 0 Å². The number of alkyl halides is 1. The summed E-state index contributed by atoms with van der Waals surface area (Å²) in [5.74, 6) is 12.7. The highest BCUT2D eigenvalue weighted by atomic mass is 79.9. The van der Waals surface area contributed by atoms with Crippen molar-refractivity contribution in [1.82, 2.24) is 0 Å². The molecule has 13 nitrogen and oxygen atoms in total. The minimum atomic E-state index is -1.81. The maximum atomic E-state index is 10.6. The molecule has 3 aromatic rings. The number of benzene rings is 3. The summed E-state index contributed by atoms with van der Waals surface area (Å²) < 4.78 is 59.0. The van der Waals surface area contributed by atoms with Crippen LogP contribution in [-0.2, 0) is 36.9 Å². The summed E-state index contributed by atoms with van der Waals surface area (Å²) in [5.41, 5.74) is 8.88. The van der Waals surface area contributed by atoms with Gasteiger partial charge >= 0.3 is 0 Å². The maximum absolute atomic E-state index is 10.6. The van der Waals surface area contributed by atoms with Crippen LogP contribution in [0.3, 0.4) is 0 Å². The van der Waals surface area contributed by atoms with Crippen molar-refractivity contribution in [2.45, 2.75) is 293 Å². The fraction of sp³-hybridized carbons (Fsp3) is 0.762. The summed E-state index contributed by atoms with van der Waals surface area (Å²) in [5, 5.41) is 32.5. The van der Waals surface area contributed by atoms with Crippen LogP contribution in [0.1, 0.15) is 248 Å². The fourth-order valence-corrected chi connectivity index (χ4v) is 26.6. The smallest absolute Gasteiger partial charge is 0.191 e. The van der Waals surface area contributed by atoms with Crippen molar-refractivity contribution in [3.63, 3.8) is 0 Å². The third-order valence-corrected chi connectivity index (χ3v) is 44.3. The van der Waals surface area contributed by atoms with E-state index in [0.29, 0.717) is 97.9 Å². The van der Waals surface area contributed by atoms with E-state index in [1.54, 1.807) is 42.7 Å². The van der Waals surface area contributed by atoms with Gasteiger partial charge in [-0.05, 0) is 327 Å². The Morgan fingerprint density at radius 3 is 1.01 bits per heavy atom. The van der Waals surface area contributed by atoms with Crippen molar-refractivity contribution < 1.29 is 62.1 Å². The lowest BCUT2D eigenvalue weighted by Crippen LogP contribution is -2.52. The van der Waals surface area contributed by atoms with Crippen molar-refractivity contribution in [3.05, 3.63) is 108 Å². The van der Waals surface area contributed by atoms with Gasteiger partial charge in [-0.25, -0.2) is 0 Å². The molecule has 0 aromatic heterocycles. The molecule has 0 amide bonds. The molecule has 0 bridgehead atoms. The van der Waals surface area contributed by atoms with Crippen LogP contribution in [0.2, 0.25) is 36.3 Å². The molecule has 9 fully saturated rings. The fourth-order valence-electron chi connectivity index (χ4n) is 24.2. The summed E-state index contributed by atoms with van der Waals surface area (Å²) in [6.07, 6.45) is 24.5. The van der Waals surface area contributed by atoms with Gasteiger partial charge in [0.2, 0.25) is 0 Å². The second kappa shape index (κ2) is 40.1. The number of allylic oxidation sites excluding steroid dienone is 3. The summed E-state index contributed by atoms with van der Waals surface area (Å²) in [6.45, 7) is 62.0. The Labute approximate surface area is 722 Å². The van der Waals surface area contributed by atoms with E-state index < -0.39 is 16.6 Å². The third-order valence-electron chi connectivity index (χ3n) is 34.7. The minimum absolute atomic E-state index is 0.0203. The van der Waals surface area contributed by atoms with E-state index in [2.05, 4.69) is 171 Å². The van der Waals surface area contributed by atoms with E-state index in [-0.39, 0.29) is 61.2 Å². The van der Waals surface area contributed by atoms with Crippen molar-refractivity contribution in [1.29, 1.82) is 0 Å². The number of rotatable bonds is 26. The van der Waals surface area contributed by atoms with Gasteiger partial charge in [0.25, 0.3) is 0 Å². The molecule has 662 valence electrons. The van der Waals surface area contributed by atoms with Crippen molar-refractivity contribution in [2.75, 3.05) is 82.3 Å². The highest BCUT2D eigenvalue weighted by molar-refractivity contribution is 9.08. The molecule has 9 saturated carbocycles. The van der Waals surface area contributed by atoms with Crippen molar-refractivity contribution >= 4 is 32.6 Å². The molecule has 16 heteroatoms. The van der Waals surface area contributed by atoms with Crippen molar-refractivity contribution in [2.24, 2.45) is 115 Å². The molecular formula is C101H165BrO13Si2. The van der Waals surface area contributed by atoms with Gasteiger partial charge in [0.1, 0.15) is 34.5 Å². The number of aliphatic hydroxyl groups excluding tert-OH is 3. The first-order chi connectivity index (χ1) is 54.9. The summed E-state index contributed by atoms with van der Waals surface area (Å²) in [7, 11) is 6.47. The Morgan fingerprint density at radius 2 is 0.701 bits per heavy atom. The Balaban J connectivity index is 0.000000188. The molecular weight excluding hydrogens is 1560 g/mol. The van der Waals surface area contributed by atoms with E-state index in [1.807, 2.05) is 42.5 Å². The number of ether oxygens (including phenoxy) is 8. The zero-order valence-electron chi connectivity index (χ0n) is 78.0. The van der Waals surface area contributed by atoms with Crippen LogP contribution >= 0.6 is 15.9 Å². The summed E-state index contributed by atoms with van der Waals surface area (Å²) >= 11 is 3.37. The first-order valence-corrected chi connectivity index (χ1v) is 52.5. The monoisotopic (exact) mass is 1720 g/mol. The van der Waals surface area contributed by atoms with E-state index in [4.69, 9.17) is 46.7 Å². The van der Waals surface area contributed by atoms with Crippen LogP contribution in [0, 0.1) is 115 Å². The van der Waals surface area contributed by atoms with Crippen molar-refractivity contribution in [3.8, 4) is 34.5 Å². The third kappa shape index (κ3) is 21.6. The van der Waals surface area contributed by atoms with Crippen LogP contribution < -0.4 is 28.4 Å². The Hall–Kier alpha value is -3.69. The van der Waals surface area contributed by atoms with Gasteiger partial charge in [0, 0.05) is 50.0 Å². The zero-order chi connectivity index (χ0) is 86.2. The predicted molar refractivity (Wildman–Crippen MR) is 490 cm³/mol. The van der Waals surface area contributed by atoms with Crippen LogP contribution in [0.4, 0.5) is 0 Å². The van der Waals surface area contributed by atoms with Crippen LogP contribution in [0.5, 0.6) is 34.5 Å². The molecule has 117 heavy (non-hydrogen) atoms. The van der Waals surface area contributed by atoms with E-state index in [0.717, 1.165) is 120 Å². The molecule has 0 aliphatic heterocycles. The molecule has 9 aliphatic carbocycles. The lowest BCUT2D eigenvalue weighted by atomic mass is 9.49. The molecule has 9 aliphatic rings. The Kier molecular flexibility index (Phi) is 33.3. The van der Waals surface area contributed by atoms with Crippen LogP contribution in [0.15, 0.2) is 91.1 Å². The number of fused-ring (bicyclic) bond motifs is 3. The number of hydrogen-bond donors (Lipinski definition) is 3. The van der Waals surface area contributed by atoms with Gasteiger partial charge in [-0.1, -0.05) is 162 Å². The molecule has 0 radical (unpaired) electrons. The molecule has 3 N–H and O–H groups in total. The van der Waals surface area contributed by atoms with Gasteiger partial charge < -0.3 is 62.1 Å². The normalized spacial score (nSPS) is 35.1. The maximum Gasteiger partial charge on any atom is 0.191 e. The SMILES string of the molecule is C=C1CC[C@H]2[C@H](CO)[C@@H]([C@@]3(C)CC[C@H](C)C[C@@H]3CO[Si](C)(C)C(C)(C)C)CC[C@]12C.C=C1CC[C@H]2[C@H](COCc3cc(OC)cc(OC)c3)[C@@H]([C@@]3(C)CC[C@H](C)C[C@@H]3CO[Si](C)(C)C(C)(C)C)CC[C@]12C.C=C1CC[C@H]2[C@H](COCc3cc(OC)cc(OC)c3)[C@@H]([C@@]3(C)CC[C@H](O)C[C@@H]3CO)CC[C@]12C.COc1cc(CBr)cc(OC)c1. The van der Waals surface area contributed by atoms with Gasteiger partial charge in [-0.15, -0.1) is 0 Å². The second-order valence-electron chi connectivity index (χ2n) is 43.1. The van der Waals surface area contributed by atoms with Gasteiger partial charge in [-0.2, -0.15) is 0 Å². The van der Waals surface area contributed by atoms with Crippen LogP contribution in [-0.4, -0.2) is 120 Å². The van der Waals surface area contributed by atoms with E-state index in [9.17, 15) is 15.3 Å². The predicted octanol–water partition coefficient (Wildman–Crippen LogP) is 25.1. The zero-order valence-corrected chi connectivity index (χ0v) is 81.6. The number of aliphatic hydroxyl groups is 3. The van der Waals surface area contributed by atoms with E-state index in [1.165, 1.54) is 113 Å². The van der Waals surface area contributed by atoms with Gasteiger partial charge in [0.15, 0.2) is 16.6 Å². The van der Waals surface area contributed by atoms with E-state index >= 15 is 0 Å². The highest BCUT2D eigenvalue weighted by Gasteiger charge is 2.61. The molecule has 12 rings (SSSR count). The molecule has 0 saturated heterocycles. The standard InChI is InChI=1S/C36H60O4Si.C29H44O5.C27H50O2Si.C9H11BrO2/c1-25-14-16-36(7,28(18-25)23-40-41(10,11)34(3,4)5)33-15-17-35(6)26(2)12-13-32(35)31(33)24-39-22-27-19-29(37-8)21-30(20-27)38-9;1-19-6-7-26-25(18-34-17-20-12-23(32-4)15-24(13-20)33-5)27(9-11-28(19,26)2)29(3)10-8-22(31)14-21(29)16-30;1-19-12-14-27(7,21(16-19)18-29-30(8,9)25(3,4)5)24-13-15-26(6)20(2)10-11-23(26)22(24)17-28;1-11-8-3-7(6-10)4-9(5-8)12-2/h19-21,25,28,31-33H,2,12-18,22-24H2,1,3-11H3;12-13,15,21-22,25-27,30-31H,1,6-11,14,16-18H2,2-5H3;19,21-24,28H,2,10-18H2,1,3-9H3;3-5H,6H2,1-2H3/t25-,28+,31-,32-,33-,35+,36-;21-,22+,25+,26+,27+,28-,29+;19-,21+,22-,23-,24-,26+,27-;/m010./s1.